The maximum atomic E-state index is 9.70. The minimum absolute atomic E-state index is 0.0152. The summed E-state index contributed by atoms with van der Waals surface area (Å²) in [6.07, 6.45) is 0.567. The normalized spacial score (nSPS) is 17.3. The van der Waals surface area contributed by atoms with Gasteiger partial charge in [0.05, 0.1) is 6.04 Å². The van der Waals surface area contributed by atoms with Crippen LogP contribution in [0.1, 0.15) is 44.4 Å². The Morgan fingerprint density at radius 2 is 1.88 bits per heavy atom. The van der Waals surface area contributed by atoms with E-state index in [4.69, 9.17) is 0 Å². The Balaban J connectivity index is 2.72. The molecule has 1 N–H and O–H groups in total. The van der Waals surface area contributed by atoms with Crippen LogP contribution in [-0.2, 0) is 0 Å². The summed E-state index contributed by atoms with van der Waals surface area (Å²) in [4.78, 5) is 0. The zero-order chi connectivity index (χ0) is 12.2. The molecule has 0 spiro atoms. The second-order valence-corrected chi connectivity index (χ2v) is 4.37. The van der Waals surface area contributed by atoms with E-state index < -0.39 is 5.72 Å². The van der Waals surface area contributed by atoms with Gasteiger partial charge in [-0.15, -0.1) is 0 Å². The highest BCUT2D eigenvalue weighted by Gasteiger charge is 2.16. The molecular formula is C13H20N2O. The van der Waals surface area contributed by atoms with Crippen molar-refractivity contribution in [3.05, 3.63) is 35.4 Å². The van der Waals surface area contributed by atoms with Gasteiger partial charge in [0.2, 0.25) is 0 Å². The first-order valence-electron chi connectivity index (χ1n) is 5.65. The third-order valence-corrected chi connectivity index (χ3v) is 2.68. The third-order valence-electron chi connectivity index (χ3n) is 2.68. The molecule has 0 bridgehead atoms. The average molecular weight is 220 g/mol. The predicted octanol–water partition coefficient (Wildman–Crippen LogP) is 3.63. The number of hydrogen-bond donors (Lipinski definition) is 1. The van der Waals surface area contributed by atoms with Gasteiger partial charge in [0.1, 0.15) is 0 Å². The maximum Gasteiger partial charge on any atom is 0.172 e. The first kappa shape index (κ1) is 12.8. The Morgan fingerprint density at radius 3 is 2.38 bits per heavy atom. The summed E-state index contributed by atoms with van der Waals surface area (Å²) in [6.45, 7) is 7.58. The first-order chi connectivity index (χ1) is 7.44. The Morgan fingerprint density at radius 1 is 1.31 bits per heavy atom. The molecule has 0 aliphatic rings. The maximum absolute atomic E-state index is 9.70. The molecule has 0 fully saturated rings. The van der Waals surface area contributed by atoms with Crippen LogP contribution in [0.15, 0.2) is 34.5 Å². The highest BCUT2D eigenvalue weighted by Crippen LogP contribution is 2.20. The van der Waals surface area contributed by atoms with Crippen LogP contribution in [0, 0.1) is 6.92 Å². The van der Waals surface area contributed by atoms with Crippen LogP contribution in [0.4, 0.5) is 0 Å². The molecule has 2 atom stereocenters. The van der Waals surface area contributed by atoms with E-state index in [2.05, 4.69) is 29.3 Å². The number of azo groups is 1. The van der Waals surface area contributed by atoms with Crippen molar-refractivity contribution in [1.29, 1.82) is 0 Å². The zero-order valence-corrected chi connectivity index (χ0v) is 10.4. The van der Waals surface area contributed by atoms with Crippen molar-refractivity contribution < 1.29 is 5.11 Å². The first-order valence-corrected chi connectivity index (χ1v) is 5.65. The minimum atomic E-state index is -1.04. The van der Waals surface area contributed by atoms with Crippen molar-refractivity contribution in [2.45, 2.75) is 45.9 Å². The van der Waals surface area contributed by atoms with Gasteiger partial charge in [0, 0.05) is 0 Å². The summed E-state index contributed by atoms with van der Waals surface area (Å²) in [5, 5.41) is 17.8. The highest BCUT2D eigenvalue weighted by atomic mass is 16.3. The van der Waals surface area contributed by atoms with Gasteiger partial charge in [0.25, 0.3) is 0 Å². The molecule has 0 radical (unpaired) electrons. The fourth-order valence-corrected chi connectivity index (χ4v) is 1.19. The van der Waals surface area contributed by atoms with Gasteiger partial charge in [-0.2, -0.15) is 10.2 Å². The largest absolute Gasteiger partial charge is 0.368 e. The summed E-state index contributed by atoms with van der Waals surface area (Å²) in [7, 11) is 0. The average Bonchev–Trinajstić information content (AvgIpc) is 2.27. The van der Waals surface area contributed by atoms with E-state index in [1.54, 1.807) is 6.92 Å². The molecule has 1 aromatic carbocycles. The molecule has 0 saturated carbocycles. The molecule has 3 nitrogen and oxygen atoms in total. The Labute approximate surface area is 97.2 Å². The summed E-state index contributed by atoms with van der Waals surface area (Å²) in [5.74, 6) is 0. The van der Waals surface area contributed by atoms with E-state index in [-0.39, 0.29) is 6.04 Å². The van der Waals surface area contributed by atoms with E-state index >= 15 is 0 Å². The fourth-order valence-electron chi connectivity index (χ4n) is 1.19. The molecule has 2 unspecified atom stereocenters. The number of benzene rings is 1. The minimum Gasteiger partial charge on any atom is -0.368 e. The van der Waals surface area contributed by atoms with Crippen LogP contribution in [0.3, 0.4) is 0 Å². The van der Waals surface area contributed by atoms with Gasteiger partial charge < -0.3 is 5.11 Å². The molecule has 0 aliphatic carbocycles. The lowest BCUT2D eigenvalue weighted by Gasteiger charge is -2.15. The Bertz CT molecular complexity index is 355. The lowest BCUT2D eigenvalue weighted by atomic mass is 10.1. The second kappa shape index (κ2) is 5.21. The molecule has 3 heteroatoms. The number of aryl methyl sites for hydroxylation is 1. The summed E-state index contributed by atoms with van der Waals surface area (Å²) in [5.41, 5.74) is 1.30. The smallest absolute Gasteiger partial charge is 0.172 e. The van der Waals surface area contributed by atoms with Crippen molar-refractivity contribution in [3.63, 3.8) is 0 Å². The van der Waals surface area contributed by atoms with Crippen LogP contribution < -0.4 is 0 Å². The van der Waals surface area contributed by atoms with E-state index in [0.717, 1.165) is 5.56 Å². The molecule has 0 amide bonds. The molecule has 88 valence electrons. The van der Waals surface area contributed by atoms with Gasteiger partial charge in [-0.05, 0) is 32.8 Å². The molecule has 0 aliphatic heterocycles. The van der Waals surface area contributed by atoms with E-state index in [9.17, 15) is 5.11 Å². The van der Waals surface area contributed by atoms with Crippen LogP contribution >= 0.6 is 0 Å². The van der Waals surface area contributed by atoms with Crippen LogP contribution in [0.5, 0.6) is 0 Å². The monoisotopic (exact) mass is 220 g/mol. The van der Waals surface area contributed by atoms with Crippen molar-refractivity contribution in [2.24, 2.45) is 10.2 Å². The van der Waals surface area contributed by atoms with Crippen LogP contribution in [0.2, 0.25) is 0 Å². The lowest BCUT2D eigenvalue weighted by Crippen LogP contribution is -2.18. The summed E-state index contributed by atoms with van der Waals surface area (Å²) < 4.78 is 0. The van der Waals surface area contributed by atoms with Gasteiger partial charge in [-0.3, -0.25) is 0 Å². The molecule has 1 aromatic rings. The number of nitrogens with zero attached hydrogens (tertiary/aromatic N) is 2. The van der Waals surface area contributed by atoms with Crippen LogP contribution in [-0.4, -0.2) is 10.8 Å². The van der Waals surface area contributed by atoms with Gasteiger partial charge in [0.15, 0.2) is 5.72 Å². The lowest BCUT2D eigenvalue weighted by molar-refractivity contribution is 0.0561. The zero-order valence-electron chi connectivity index (χ0n) is 10.4. The summed E-state index contributed by atoms with van der Waals surface area (Å²) >= 11 is 0. The molecule has 16 heavy (non-hydrogen) atoms. The van der Waals surface area contributed by atoms with E-state index in [0.29, 0.717) is 6.42 Å². The van der Waals surface area contributed by atoms with E-state index in [1.165, 1.54) is 5.56 Å². The van der Waals surface area contributed by atoms with Crippen LogP contribution in [0.25, 0.3) is 0 Å². The molecule has 0 heterocycles. The number of rotatable bonds is 4. The Hall–Kier alpha value is -1.22. The van der Waals surface area contributed by atoms with Crippen molar-refractivity contribution in [2.75, 3.05) is 0 Å². The van der Waals surface area contributed by atoms with Crippen molar-refractivity contribution >= 4 is 0 Å². The van der Waals surface area contributed by atoms with Crippen molar-refractivity contribution in [1.82, 2.24) is 0 Å². The van der Waals surface area contributed by atoms with E-state index in [1.807, 2.05) is 26.0 Å². The van der Waals surface area contributed by atoms with Crippen molar-refractivity contribution in [3.8, 4) is 0 Å². The second-order valence-electron chi connectivity index (χ2n) is 4.37. The fraction of sp³-hybridized carbons (Fsp3) is 0.538. The van der Waals surface area contributed by atoms with Gasteiger partial charge >= 0.3 is 0 Å². The Kier molecular flexibility index (Phi) is 4.19. The highest BCUT2D eigenvalue weighted by molar-refractivity contribution is 5.23. The molecular weight excluding hydrogens is 200 g/mol. The molecule has 0 saturated heterocycles. The quantitative estimate of drug-likeness (QED) is 0.774. The predicted molar refractivity (Wildman–Crippen MR) is 65.4 cm³/mol. The third kappa shape index (κ3) is 3.74. The molecule has 1 rings (SSSR count). The summed E-state index contributed by atoms with van der Waals surface area (Å²) in [6, 6.07) is 8.18. The topological polar surface area (TPSA) is 45.0 Å². The number of hydrogen-bond acceptors (Lipinski definition) is 3. The molecule has 0 aromatic heterocycles. The standard InChI is InChI=1S/C13H20N2O/c1-5-13(4,16)15-14-11(3)12-8-6-10(2)7-9-12/h6-9,11,16H,5H2,1-4H3/b15-14+. The number of aliphatic hydroxyl groups is 1. The van der Waals surface area contributed by atoms with Gasteiger partial charge in [-0.25, -0.2) is 0 Å². The van der Waals surface area contributed by atoms with Gasteiger partial charge in [-0.1, -0.05) is 36.8 Å². The SMILES string of the molecule is CCC(C)(O)/N=N/C(C)c1ccc(C)cc1.